The maximum absolute atomic E-state index is 11.7. The topological polar surface area (TPSA) is 78.0 Å². The number of aromatic nitrogens is 2. The van der Waals surface area contributed by atoms with Gasteiger partial charge < -0.3 is 0 Å². The average molecular weight is 324 g/mol. The molecule has 0 bridgehead atoms. The number of benzene rings is 1. The van der Waals surface area contributed by atoms with E-state index in [1.54, 1.807) is 25.3 Å². The minimum absolute atomic E-state index is 0.0299. The van der Waals surface area contributed by atoms with Crippen molar-refractivity contribution in [1.29, 1.82) is 0 Å². The van der Waals surface area contributed by atoms with Crippen LogP contribution in [-0.4, -0.2) is 14.7 Å². The van der Waals surface area contributed by atoms with Crippen LogP contribution in [0.5, 0.6) is 0 Å². The van der Waals surface area contributed by atoms with E-state index in [1.165, 1.54) is 16.8 Å². The Balaban J connectivity index is 2.36. The second-order valence-electron chi connectivity index (χ2n) is 4.07. The van der Waals surface area contributed by atoms with Crippen LogP contribution in [0.1, 0.15) is 11.1 Å². The highest BCUT2D eigenvalue weighted by atomic mass is 79.9. The zero-order valence-corrected chi connectivity index (χ0v) is 11.6. The molecule has 0 aliphatic rings. The summed E-state index contributed by atoms with van der Waals surface area (Å²) in [5.41, 5.74) is 1.17. The van der Waals surface area contributed by atoms with Crippen molar-refractivity contribution in [3.63, 3.8) is 0 Å². The smallest absolute Gasteiger partial charge is 0.268 e. The number of nitro benzene ring substituents is 1. The summed E-state index contributed by atoms with van der Waals surface area (Å²) >= 11 is 3.11. The summed E-state index contributed by atoms with van der Waals surface area (Å²) in [5.74, 6) is 0. The molecule has 0 N–H and O–H groups in total. The van der Waals surface area contributed by atoms with Crippen LogP contribution in [-0.2, 0) is 6.54 Å². The molecule has 0 saturated heterocycles. The minimum atomic E-state index is -0.473. The molecule has 6 nitrogen and oxygen atoms in total. The second-order valence-corrected chi connectivity index (χ2v) is 4.93. The van der Waals surface area contributed by atoms with Crippen LogP contribution in [0.3, 0.4) is 0 Å². The van der Waals surface area contributed by atoms with Crippen molar-refractivity contribution in [2.75, 3.05) is 0 Å². The monoisotopic (exact) mass is 323 g/mol. The Hall–Kier alpha value is -2.02. The van der Waals surface area contributed by atoms with Crippen molar-refractivity contribution in [3.05, 3.63) is 66.5 Å². The largest absolute Gasteiger partial charge is 0.283 e. The van der Waals surface area contributed by atoms with Gasteiger partial charge in [0.15, 0.2) is 0 Å². The first-order chi connectivity index (χ1) is 8.97. The molecule has 1 aromatic heterocycles. The van der Waals surface area contributed by atoms with Crippen LogP contribution in [0, 0.1) is 17.0 Å². The minimum Gasteiger partial charge on any atom is -0.268 e. The molecule has 19 heavy (non-hydrogen) atoms. The van der Waals surface area contributed by atoms with E-state index in [-0.39, 0.29) is 17.8 Å². The Bertz CT molecular complexity index is 697. The lowest BCUT2D eigenvalue weighted by molar-refractivity contribution is -0.385. The van der Waals surface area contributed by atoms with Gasteiger partial charge in [-0.3, -0.25) is 14.9 Å². The van der Waals surface area contributed by atoms with Crippen molar-refractivity contribution in [2.24, 2.45) is 0 Å². The van der Waals surface area contributed by atoms with E-state index in [2.05, 4.69) is 21.0 Å². The lowest BCUT2D eigenvalue weighted by Crippen LogP contribution is -2.22. The summed E-state index contributed by atoms with van der Waals surface area (Å²) in [6, 6.07) is 6.20. The van der Waals surface area contributed by atoms with Crippen LogP contribution >= 0.6 is 15.9 Å². The molecule has 0 atom stereocenters. The summed E-state index contributed by atoms with van der Waals surface area (Å²) < 4.78 is 1.67. The lowest BCUT2D eigenvalue weighted by Gasteiger charge is -2.05. The molecule has 0 spiro atoms. The Morgan fingerprint density at radius 1 is 1.42 bits per heavy atom. The number of nitro groups is 1. The van der Waals surface area contributed by atoms with Gasteiger partial charge in [0.2, 0.25) is 0 Å². The van der Waals surface area contributed by atoms with E-state index >= 15 is 0 Å². The molecule has 1 aromatic carbocycles. The summed E-state index contributed by atoms with van der Waals surface area (Å²) in [6.07, 6.45) is 1.58. The molecular formula is C12H10BrN3O3. The second kappa shape index (κ2) is 5.31. The Morgan fingerprint density at radius 3 is 2.79 bits per heavy atom. The fraction of sp³-hybridized carbons (Fsp3) is 0.167. The molecule has 1 heterocycles. The van der Waals surface area contributed by atoms with Gasteiger partial charge in [-0.05, 0) is 40.0 Å². The fourth-order valence-corrected chi connectivity index (χ4v) is 2.00. The molecule has 0 aliphatic heterocycles. The molecule has 0 unspecified atom stereocenters. The normalized spacial score (nSPS) is 10.4. The van der Waals surface area contributed by atoms with Crippen LogP contribution in [0.4, 0.5) is 5.69 Å². The summed E-state index contributed by atoms with van der Waals surface area (Å²) in [6.45, 7) is 1.98. The van der Waals surface area contributed by atoms with Gasteiger partial charge in [0.05, 0.1) is 22.1 Å². The SMILES string of the molecule is Cc1cnn(Cc2ccc(Br)c([N+](=O)[O-])c2)c(=O)c1. The van der Waals surface area contributed by atoms with Crippen LogP contribution < -0.4 is 5.56 Å². The number of hydrogen-bond acceptors (Lipinski definition) is 4. The quantitative estimate of drug-likeness (QED) is 0.641. The van der Waals surface area contributed by atoms with Gasteiger partial charge in [-0.2, -0.15) is 5.10 Å². The molecule has 0 aliphatic carbocycles. The molecule has 7 heteroatoms. The molecule has 0 saturated carbocycles. The first-order valence-electron chi connectivity index (χ1n) is 5.44. The zero-order valence-electron chi connectivity index (χ0n) is 10.0. The molecule has 0 radical (unpaired) electrons. The van der Waals surface area contributed by atoms with E-state index in [1.807, 2.05) is 0 Å². The van der Waals surface area contributed by atoms with Crippen molar-refractivity contribution in [3.8, 4) is 0 Å². The van der Waals surface area contributed by atoms with Gasteiger partial charge in [0.1, 0.15) is 0 Å². The molecule has 0 fully saturated rings. The van der Waals surface area contributed by atoms with Crippen LogP contribution in [0.25, 0.3) is 0 Å². The summed E-state index contributed by atoms with van der Waals surface area (Å²) in [7, 11) is 0. The molecular weight excluding hydrogens is 314 g/mol. The Morgan fingerprint density at radius 2 is 2.16 bits per heavy atom. The third kappa shape index (κ3) is 3.05. The van der Waals surface area contributed by atoms with E-state index in [9.17, 15) is 14.9 Å². The van der Waals surface area contributed by atoms with Gasteiger partial charge >= 0.3 is 0 Å². The van der Waals surface area contributed by atoms with Crippen molar-refractivity contribution >= 4 is 21.6 Å². The third-order valence-electron chi connectivity index (χ3n) is 2.55. The van der Waals surface area contributed by atoms with Gasteiger partial charge in [-0.25, -0.2) is 4.68 Å². The van der Waals surface area contributed by atoms with E-state index in [0.717, 1.165) is 5.56 Å². The van der Waals surface area contributed by atoms with Gasteiger partial charge in [-0.15, -0.1) is 0 Å². The number of rotatable bonds is 3. The maximum Gasteiger partial charge on any atom is 0.283 e. The Labute approximate surface area is 117 Å². The highest BCUT2D eigenvalue weighted by Crippen LogP contribution is 2.25. The average Bonchev–Trinajstić information content (AvgIpc) is 2.34. The number of halogens is 1. The maximum atomic E-state index is 11.7. The van der Waals surface area contributed by atoms with Gasteiger partial charge in [-0.1, -0.05) is 6.07 Å². The van der Waals surface area contributed by atoms with Crippen molar-refractivity contribution < 1.29 is 4.92 Å². The first kappa shape index (κ1) is 13.4. The molecule has 98 valence electrons. The third-order valence-corrected chi connectivity index (χ3v) is 3.22. The van der Waals surface area contributed by atoms with Gasteiger partial charge in [0.25, 0.3) is 11.2 Å². The van der Waals surface area contributed by atoms with E-state index in [4.69, 9.17) is 0 Å². The number of hydrogen-bond donors (Lipinski definition) is 0. The zero-order chi connectivity index (χ0) is 14.0. The molecule has 2 aromatic rings. The summed E-state index contributed by atoms with van der Waals surface area (Å²) in [5, 5.41) is 14.8. The molecule has 0 amide bonds. The van der Waals surface area contributed by atoms with Gasteiger partial charge in [0, 0.05) is 12.1 Å². The highest BCUT2D eigenvalue weighted by molar-refractivity contribution is 9.10. The fourth-order valence-electron chi connectivity index (χ4n) is 1.61. The standard InChI is InChI=1S/C12H10BrN3O3/c1-8-4-12(17)15(14-6-8)7-9-2-3-10(13)11(5-9)16(18)19/h2-6H,7H2,1H3. The molecule has 2 rings (SSSR count). The lowest BCUT2D eigenvalue weighted by atomic mass is 10.2. The van der Waals surface area contributed by atoms with E-state index in [0.29, 0.717) is 10.0 Å². The Kier molecular flexibility index (Phi) is 3.75. The summed E-state index contributed by atoms with van der Waals surface area (Å²) in [4.78, 5) is 22.0. The predicted molar refractivity (Wildman–Crippen MR) is 73.1 cm³/mol. The van der Waals surface area contributed by atoms with Crippen molar-refractivity contribution in [2.45, 2.75) is 13.5 Å². The number of nitrogens with zero attached hydrogens (tertiary/aromatic N) is 3. The predicted octanol–water partition coefficient (Wildman–Crippen LogP) is 2.27. The number of aryl methyl sites for hydroxylation is 1. The van der Waals surface area contributed by atoms with Crippen LogP contribution in [0.2, 0.25) is 0 Å². The van der Waals surface area contributed by atoms with E-state index < -0.39 is 4.92 Å². The van der Waals surface area contributed by atoms with Crippen LogP contribution in [0.15, 0.2) is 39.7 Å². The highest BCUT2D eigenvalue weighted by Gasteiger charge is 2.12. The first-order valence-corrected chi connectivity index (χ1v) is 6.23. The van der Waals surface area contributed by atoms with Crippen molar-refractivity contribution in [1.82, 2.24) is 9.78 Å².